The van der Waals surface area contributed by atoms with Crippen molar-refractivity contribution in [2.24, 2.45) is 23.2 Å². The van der Waals surface area contributed by atoms with E-state index in [2.05, 4.69) is 20.8 Å². The highest BCUT2D eigenvalue weighted by molar-refractivity contribution is 5.92. The van der Waals surface area contributed by atoms with E-state index < -0.39 is 0 Å². The molecule has 0 aliphatic heterocycles. The molecular weight excluding hydrogens is 200 g/mol. The van der Waals surface area contributed by atoms with Crippen molar-refractivity contribution in [3.63, 3.8) is 0 Å². The molecule has 4 unspecified atom stereocenters. The fourth-order valence-electron chi connectivity index (χ4n) is 3.42. The summed E-state index contributed by atoms with van der Waals surface area (Å²) in [5, 5.41) is 10.1. The topological polar surface area (TPSA) is 37.3 Å². The molecule has 1 rings (SSSR count). The summed E-state index contributed by atoms with van der Waals surface area (Å²) in [6.45, 7) is 10.2. The van der Waals surface area contributed by atoms with Crippen molar-refractivity contribution in [3.8, 4) is 0 Å². The molecule has 2 nitrogen and oxygen atoms in total. The molecule has 0 heterocycles. The van der Waals surface area contributed by atoms with Crippen LogP contribution < -0.4 is 0 Å². The Morgan fingerprint density at radius 1 is 1.38 bits per heavy atom. The van der Waals surface area contributed by atoms with Gasteiger partial charge in [-0.05, 0) is 36.7 Å². The highest BCUT2D eigenvalue weighted by atomic mass is 16.3. The summed E-state index contributed by atoms with van der Waals surface area (Å²) >= 11 is 0. The number of hydrogen-bond donors (Lipinski definition) is 1. The fraction of sp³-hybridized carbons (Fsp3) is 0.786. The summed E-state index contributed by atoms with van der Waals surface area (Å²) in [6.07, 6.45) is 3.99. The predicted octanol–water partition coefficient (Wildman–Crippen LogP) is 2.81. The molecule has 92 valence electrons. The maximum absolute atomic E-state index is 12.1. The number of hydrogen-bond acceptors (Lipinski definition) is 2. The molecule has 0 aromatic rings. The smallest absolute Gasteiger partial charge is 0.159 e. The van der Waals surface area contributed by atoms with Gasteiger partial charge in [-0.1, -0.05) is 33.8 Å². The van der Waals surface area contributed by atoms with Gasteiger partial charge in [0, 0.05) is 5.92 Å². The summed E-state index contributed by atoms with van der Waals surface area (Å²) in [5.41, 5.74) is -0.0192. The van der Waals surface area contributed by atoms with E-state index >= 15 is 0 Å². The average molecular weight is 224 g/mol. The van der Waals surface area contributed by atoms with Crippen molar-refractivity contribution >= 4 is 5.78 Å². The second-order valence-corrected chi connectivity index (χ2v) is 5.90. The first kappa shape index (κ1) is 13.4. The molecule has 1 fully saturated rings. The Balaban J connectivity index is 2.99. The van der Waals surface area contributed by atoms with E-state index in [1.54, 1.807) is 12.2 Å². The zero-order valence-corrected chi connectivity index (χ0v) is 11.0. The lowest BCUT2D eigenvalue weighted by Gasteiger charge is -2.47. The molecule has 0 bridgehead atoms. The van der Waals surface area contributed by atoms with Crippen molar-refractivity contribution in [1.82, 2.24) is 0 Å². The number of allylic oxidation sites excluding steroid dienone is 2. The molecule has 4 atom stereocenters. The maximum atomic E-state index is 12.1. The van der Waals surface area contributed by atoms with E-state index in [1.807, 2.05) is 13.8 Å². The Hall–Kier alpha value is -0.630. The van der Waals surface area contributed by atoms with Crippen LogP contribution in [0.25, 0.3) is 0 Å². The van der Waals surface area contributed by atoms with E-state index in [0.29, 0.717) is 0 Å². The van der Waals surface area contributed by atoms with Crippen molar-refractivity contribution in [2.75, 3.05) is 0 Å². The Bertz CT molecular complexity index is 291. The Kier molecular flexibility index (Phi) is 3.95. The Labute approximate surface area is 98.7 Å². The SMILES string of the molecule is C/C=C/C(=O)C1C(C)C(O)C(C)CC1(C)C. The first-order valence-electron chi connectivity index (χ1n) is 6.16. The van der Waals surface area contributed by atoms with Crippen LogP contribution in [-0.2, 0) is 4.79 Å². The van der Waals surface area contributed by atoms with Gasteiger partial charge in [0.1, 0.15) is 0 Å². The zero-order valence-electron chi connectivity index (χ0n) is 11.0. The normalized spacial score (nSPS) is 38.9. The number of carbonyl (C=O) groups excluding carboxylic acids is 1. The second kappa shape index (κ2) is 4.70. The van der Waals surface area contributed by atoms with Gasteiger partial charge in [0.05, 0.1) is 6.10 Å². The molecular formula is C14H24O2. The Morgan fingerprint density at radius 2 is 1.94 bits per heavy atom. The number of carbonyl (C=O) groups is 1. The third-order valence-corrected chi connectivity index (χ3v) is 3.97. The van der Waals surface area contributed by atoms with Gasteiger partial charge in [-0.3, -0.25) is 4.79 Å². The van der Waals surface area contributed by atoms with Gasteiger partial charge < -0.3 is 5.11 Å². The van der Waals surface area contributed by atoms with Crippen LogP contribution in [0.3, 0.4) is 0 Å². The number of rotatable bonds is 2. The monoisotopic (exact) mass is 224 g/mol. The molecule has 1 aliphatic rings. The number of aliphatic hydroxyl groups excluding tert-OH is 1. The Morgan fingerprint density at radius 3 is 2.44 bits per heavy atom. The average Bonchev–Trinajstić information content (AvgIpc) is 2.13. The van der Waals surface area contributed by atoms with Crippen LogP contribution >= 0.6 is 0 Å². The van der Waals surface area contributed by atoms with Crippen molar-refractivity contribution in [1.29, 1.82) is 0 Å². The molecule has 0 saturated heterocycles. The molecule has 1 aliphatic carbocycles. The molecule has 0 amide bonds. The van der Waals surface area contributed by atoms with Crippen LogP contribution in [0.4, 0.5) is 0 Å². The lowest BCUT2D eigenvalue weighted by atomic mass is 9.58. The van der Waals surface area contributed by atoms with Gasteiger partial charge in [-0.25, -0.2) is 0 Å². The van der Waals surface area contributed by atoms with Crippen LogP contribution in [0.2, 0.25) is 0 Å². The molecule has 1 saturated carbocycles. The summed E-state index contributed by atoms with van der Waals surface area (Å²) < 4.78 is 0. The lowest BCUT2D eigenvalue weighted by molar-refractivity contribution is -0.134. The standard InChI is InChI=1S/C14H24O2/c1-6-7-11(15)12-10(3)13(16)9(2)8-14(12,4)5/h6-7,9-10,12-13,16H,8H2,1-5H3/b7-6+. The van der Waals surface area contributed by atoms with Gasteiger partial charge >= 0.3 is 0 Å². The summed E-state index contributed by atoms with van der Waals surface area (Å²) in [7, 11) is 0. The van der Waals surface area contributed by atoms with Crippen molar-refractivity contribution in [2.45, 2.75) is 47.1 Å². The first-order chi connectivity index (χ1) is 7.31. The summed E-state index contributed by atoms with van der Waals surface area (Å²) in [5.74, 6) is 0.419. The minimum atomic E-state index is -0.354. The predicted molar refractivity (Wildman–Crippen MR) is 66.0 cm³/mol. The van der Waals surface area contributed by atoms with Gasteiger partial charge in [0.2, 0.25) is 0 Å². The number of ketones is 1. The third kappa shape index (κ3) is 2.37. The van der Waals surface area contributed by atoms with E-state index in [4.69, 9.17) is 0 Å². The highest BCUT2D eigenvalue weighted by Gasteiger charge is 2.47. The first-order valence-corrected chi connectivity index (χ1v) is 6.16. The van der Waals surface area contributed by atoms with Crippen LogP contribution in [0, 0.1) is 23.2 Å². The van der Waals surface area contributed by atoms with Gasteiger partial charge in [-0.2, -0.15) is 0 Å². The molecule has 0 radical (unpaired) electrons. The quantitative estimate of drug-likeness (QED) is 0.732. The van der Waals surface area contributed by atoms with E-state index in [-0.39, 0.29) is 35.1 Å². The summed E-state index contributed by atoms with van der Waals surface area (Å²) in [6, 6.07) is 0. The van der Waals surface area contributed by atoms with Crippen LogP contribution in [0.15, 0.2) is 12.2 Å². The van der Waals surface area contributed by atoms with Gasteiger partial charge in [0.15, 0.2) is 5.78 Å². The van der Waals surface area contributed by atoms with Crippen molar-refractivity contribution in [3.05, 3.63) is 12.2 Å². The molecule has 16 heavy (non-hydrogen) atoms. The molecule has 0 aromatic carbocycles. The molecule has 2 heteroatoms. The molecule has 0 spiro atoms. The fourth-order valence-corrected chi connectivity index (χ4v) is 3.42. The molecule has 1 N–H and O–H groups in total. The van der Waals surface area contributed by atoms with Gasteiger partial charge in [-0.15, -0.1) is 0 Å². The summed E-state index contributed by atoms with van der Waals surface area (Å²) in [4.78, 5) is 12.1. The lowest BCUT2D eigenvalue weighted by Crippen LogP contribution is -2.48. The van der Waals surface area contributed by atoms with Gasteiger partial charge in [0.25, 0.3) is 0 Å². The minimum absolute atomic E-state index is 0.0192. The molecule has 0 aromatic heterocycles. The number of aliphatic hydroxyl groups is 1. The zero-order chi connectivity index (χ0) is 12.5. The maximum Gasteiger partial charge on any atom is 0.159 e. The third-order valence-electron chi connectivity index (χ3n) is 3.97. The van der Waals surface area contributed by atoms with Crippen molar-refractivity contribution < 1.29 is 9.90 Å². The van der Waals surface area contributed by atoms with E-state index in [1.165, 1.54) is 0 Å². The largest absolute Gasteiger partial charge is 0.393 e. The van der Waals surface area contributed by atoms with E-state index in [0.717, 1.165) is 6.42 Å². The highest BCUT2D eigenvalue weighted by Crippen LogP contribution is 2.46. The van der Waals surface area contributed by atoms with Crippen LogP contribution in [0.1, 0.15) is 41.0 Å². The van der Waals surface area contributed by atoms with E-state index in [9.17, 15) is 9.90 Å². The van der Waals surface area contributed by atoms with Crippen LogP contribution in [0.5, 0.6) is 0 Å². The van der Waals surface area contributed by atoms with Crippen LogP contribution in [-0.4, -0.2) is 17.0 Å². The second-order valence-electron chi connectivity index (χ2n) is 5.90. The minimum Gasteiger partial charge on any atom is -0.393 e.